The minimum Gasteiger partial charge on any atom is -0.460 e. The van der Waals surface area contributed by atoms with Gasteiger partial charge in [-0.25, -0.2) is 4.79 Å². The first-order valence-corrected chi connectivity index (χ1v) is 6.30. The lowest BCUT2D eigenvalue weighted by Crippen LogP contribution is -2.20. The van der Waals surface area contributed by atoms with Gasteiger partial charge in [0.2, 0.25) is 5.78 Å². The number of aryl methyl sites for hydroxylation is 2. The van der Waals surface area contributed by atoms with E-state index in [1.165, 1.54) is 0 Å². The third-order valence-corrected chi connectivity index (χ3v) is 2.67. The van der Waals surface area contributed by atoms with Gasteiger partial charge in [-0.3, -0.25) is 9.59 Å². The van der Waals surface area contributed by atoms with Crippen LogP contribution in [-0.2, 0) is 25.5 Å². The number of ether oxygens (including phenoxy) is 1. The fourth-order valence-electron chi connectivity index (χ4n) is 1.59. The van der Waals surface area contributed by atoms with Crippen molar-refractivity contribution in [3.05, 3.63) is 35.4 Å². The molecule has 4 nitrogen and oxygen atoms in total. The van der Waals surface area contributed by atoms with Crippen molar-refractivity contribution in [3.63, 3.8) is 0 Å². The normalized spacial score (nSPS) is 10.0. The zero-order chi connectivity index (χ0) is 14.3. The fraction of sp³-hybridized carbons (Fsp3) is 0.400. The molecule has 1 aromatic rings. The van der Waals surface area contributed by atoms with Crippen LogP contribution < -0.4 is 0 Å². The smallest absolute Gasteiger partial charge is 0.375 e. The van der Waals surface area contributed by atoms with E-state index in [1.54, 1.807) is 6.92 Å². The Hall–Kier alpha value is -1.97. The maximum Gasteiger partial charge on any atom is 0.375 e. The Kier molecular flexibility index (Phi) is 5.93. The van der Waals surface area contributed by atoms with Gasteiger partial charge >= 0.3 is 5.97 Å². The lowest BCUT2D eigenvalue weighted by molar-refractivity contribution is -0.154. The SMILES string of the molecule is CCOC(=O)C(=O)CC(=O)CCc1ccc(C)cc1. The summed E-state index contributed by atoms with van der Waals surface area (Å²) in [4.78, 5) is 33.9. The van der Waals surface area contributed by atoms with E-state index in [2.05, 4.69) is 4.74 Å². The standard InChI is InChI=1S/C15H18O4/c1-3-19-15(18)14(17)10-13(16)9-8-12-6-4-11(2)5-7-12/h4-7H,3,8-10H2,1-2H3. The van der Waals surface area contributed by atoms with E-state index in [1.807, 2.05) is 31.2 Å². The Morgan fingerprint density at radius 3 is 2.32 bits per heavy atom. The zero-order valence-corrected chi connectivity index (χ0v) is 11.3. The summed E-state index contributed by atoms with van der Waals surface area (Å²) in [6.45, 7) is 3.75. The molecule has 0 radical (unpaired) electrons. The molecule has 0 saturated carbocycles. The minimum absolute atomic E-state index is 0.141. The molecule has 0 aromatic heterocycles. The van der Waals surface area contributed by atoms with Gasteiger partial charge in [0, 0.05) is 6.42 Å². The monoisotopic (exact) mass is 262 g/mol. The topological polar surface area (TPSA) is 60.4 Å². The van der Waals surface area contributed by atoms with E-state index < -0.39 is 11.8 Å². The Morgan fingerprint density at radius 1 is 1.11 bits per heavy atom. The zero-order valence-electron chi connectivity index (χ0n) is 11.3. The predicted molar refractivity (Wildman–Crippen MR) is 70.8 cm³/mol. The summed E-state index contributed by atoms with van der Waals surface area (Å²) in [5.41, 5.74) is 2.20. The highest BCUT2D eigenvalue weighted by Crippen LogP contribution is 2.07. The number of hydrogen-bond donors (Lipinski definition) is 0. The molecule has 0 aliphatic heterocycles. The van der Waals surface area contributed by atoms with E-state index >= 15 is 0 Å². The Morgan fingerprint density at radius 2 is 1.74 bits per heavy atom. The Bertz CT molecular complexity index is 460. The van der Waals surface area contributed by atoms with Gasteiger partial charge in [0.25, 0.3) is 0 Å². The quantitative estimate of drug-likeness (QED) is 0.428. The highest BCUT2D eigenvalue weighted by atomic mass is 16.5. The molecule has 0 fully saturated rings. The minimum atomic E-state index is -0.925. The largest absolute Gasteiger partial charge is 0.460 e. The van der Waals surface area contributed by atoms with Crippen LogP contribution >= 0.6 is 0 Å². The number of ketones is 2. The van der Waals surface area contributed by atoms with Crippen molar-refractivity contribution in [1.29, 1.82) is 0 Å². The van der Waals surface area contributed by atoms with Gasteiger partial charge in [0.05, 0.1) is 13.0 Å². The Labute approximate surface area is 112 Å². The lowest BCUT2D eigenvalue weighted by Gasteiger charge is -2.02. The third kappa shape index (κ3) is 5.46. The van der Waals surface area contributed by atoms with Crippen molar-refractivity contribution in [2.45, 2.75) is 33.1 Å². The van der Waals surface area contributed by atoms with Gasteiger partial charge < -0.3 is 4.74 Å². The van der Waals surface area contributed by atoms with Crippen LogP contribution in [0.15, 0.2) is 24.3 Å². The summed E-state index contributed by atoms with van der Waals surface area (Å²) in [6.07, 6.45) is 0.466. The number of hydrogen-bond acceptors (Lipinski definition) is 4. The molecule has 0 aliphatic carbocycles. The molecular weight excluding hydrogens is 244 g/mol. The van der Waals surface area contributed by atoms with Crippen molar-refractivity contribution in [2.24, 2.45) is 0 Å². The Balaban J connectivity index is 2.37. The first-order chi connectivity index (χ1) is 9.02. The van der Waals surface area contributed by atoms with E-state index in [-0.39, 0.29) is 25.2 Å². The fourth-order valence-corrected chi connectivity index (χ4v) is 1.59. The van der Waals surface area contributed by atoms with Crippen LogP contribution in [0, 0.1) is 6.92 Å². The highest BCUT2D eigenvalue weighted by Gasteiger charge is 2.18. The summed E-state index contributed by atoms with van der Waals surface area (Å²) < 4.78 is 4.54. The maximum absolute atomic E-state index is 11.6. The van der Waals surface area contributed by atoms with Gasteiger partial charge in [-0.1, -0.05) is 29.8 Å². The molecule has 102 valence electrons. The van der Waals surface area contributed by atoms with Crippen LogP contribution in [0.25, 0.3) is 0 Å². The van der Waals surface area contributed by atoms with Crippen molar-refractivity contribution in [2.75, 3.05) is 6.61 Å². The van der Waals surface area contributed by atoms with Crippen LogP contribution in [0.4, 0.5) is 0 Å². The lowest BCUT2D eigenvalue weighted by atomic mass is 10.0. The second-order valence-corrected chi connectivity index (χ2v) is 4.34. The number of carbonyl (C=O) groups excluding carboxylic acids is 3. The molecule has 1 aromatic carbocycles. The highest BCUT2D eigenvalue weighted by molar-refractivity contribution is 6.37. The molecule has 19 heavy (non-hydrogen) atoms. The van der Waals surface area contributed by atoms with Crippen LogP contribution in [0.1, 0.15) is 30.9 Å². The molecule has 0 amide bonds. The average molecular weight is 262 g/mol. The summed E-state index contributed by atoms with van der Waals surface area (Å²) in [5, 5.41) is 0. The number of carbonyl (C=O) groups is 3. The first-order valence-electron chi connectivity index (χ1n) is 6.30. The molecule has 4 heteroatoms. The van der Waals surface area contributed by atoms with E-state index in [9.17, 15) is 14.4 Å². The third-order valence-electron chi connectivity index (χ3n) is 2.67. The van der Waals surface area contributed by atoms with Crippen molar-refractivity contribution >= 4 is 17.5 Å². The molecule has 0 atom stereocenters. The molecule has 0 unspecified atom stereocenters. The molecule has 0 spiro atoms. The van der Waals surface area contributed by atoms with E-state index in [0.717, 1.165) is 11.1 Å². The second-order valence-electron chi connectivity index (χ2n) is 4.34. The van der Waals surface area contributed by atoms with Gasteiger partial charge in [-0.2, -0.15) is 0 Å². The van der Waals surface area contributed by atoms with E-state index in [4.69, 9.17) is 0 Å². The van der Waals surface area contributed by atoms with Gasteiger partial charge in [-0.15, -0.1) is 0 Å². The van der Waals surface area contributed by atoms with Gasteiger partial charge in [-0.05, 0) is 25.8 Å². The van der Waals surface area contributed by atoms with Gasteiger partial charge in [0.15, 0.2) is 0 Å². The summed E-state index contributed by atoms with van der Waals surface area (Å²) in [7, 11) is 0. The molecular formula is C15H18O4. The number of rotatable bonds is 7. The van der Waals surface area contributed by atoms with Gasteiger partial charge in [0.1, 0.15) is 5.78 Å². The van der Waals surface area contributed by atoms with Crippen LogP contribution in [-0.4, -0.2) is 24.1 Å². The predicted octanol–water partition coefficient (Wildman–Crippen LogP) is 2.02. The van der Waals surface area contributed by atoms with Crippen molar-refractivity contribution in [1.82, 2.24) is 0 Å². The van der Waals surface area contributed by atoms with Crippen LogP contribution in [0.2, 0.25) is 0 Å². The van der Waals surface area contributed by atoms with Crippen molar-refractivity contribution in [3.8, 4) is 0 Å². The van der Waals surface area contributed by atoms with Crippen LogP contribution in [0.3, 0.4) is 0 Å². The van der Waals surface area contributed by atoms with Crippen molar-refractivity contribution < 1.29 is 19.1 Å². The number of Topliss-reactive ketones (excluding diaryl/α,β-unsaturated/α-hetero) is 2. The average Bonchev–Trinajstić information content (AvgIpc) is 2.38. The molecule has 0 saturated heterocycles. The summed E-state index contributed by atoms with van der Waals surface area (Å²) >= 11 is 0. The summed E-state index contributed by atoms with van der Waals surface area (Å²) in [6, 6.07) is 7.86. The number of esters is 1. The summed E-state index contributed by atoms with van der Waals surface area (Å²) in [5.74, 6) is -1.93. The molecule has 0 heterocycles. The molecule has 0 aliphatic rings. The number of benzene rings is 1. The van der Waals surface area contributed by atoms with Crippen LogP contribution in [0.5, 0.6) is 0 Å². The maximum atomic E-state index is 11.6. The second kappa shape index (κ2) is 7.46. The van der Waals surface area contributed by atoms with E-state index in [0.29, 0.717) is 6.42 Å². The first kappa shape index (κ1) is 15.1. The molecule has 0 N–H and O–H groups in total. The molecule has 1 rings (SSSR count). The molecule has 0 bridgehead atoms.